The van der Waals surface area contributed by atoms with Gasteiger partial charge in [0, 0.05) is 15.7 Å². The Morgan fingerprint density at radius 1 is 1.03 bits per heavy atom. The molecule has 9 heteroatoms. The van der Waals surface area contributed by atoms with E-state index in [1.54, 1.807) is 25.1 Å². The molecule has 0 fully saturated rings. The second-order valence-corrected chi connectivity index (χ2v) is 9.59. The van der Waals surface area contributed by atoms with Gasteiger partial charge in [0.2, 0.25) is 15.9 Å². The monoisotopic (exact) mass is 492 g/mol. The van der Waals surface area contributed by atoms with E-state index >= 15 is 0 Å². The zero-order valence-electron chi connectivity index (χ0n) is 17.4. The average molecular weight is 493 g/mol. The van der Waals surface area contributed by atoms with Gasteiger partial charge in [0.05, 0.1) is 7.11 Å². The number of ether oxygens (including phenoxy) is 1. The summed E-state index contributed by atoms with van der Waals surface area (Å²) < 4.78 is 34.1. The minimum atomic E-state index is -4.15. The number of carbonyl (C=O) groups is 1. The fraction of sp³-hybridized carbons (Fsp3) is 0.174. The van der Waals surface area contributed by atoms with Crippen LogP contribution in [0.3, 0.4) is 0 Å². The number of anilines is 1. The maximum Gasteiger partial charge on any atom is 0.245 e. The molecule has 0 aromatic heterocycles. The van der Waals surface area contributed by atoms with Crippen LogP contribution in [-0.4, -0.2) is 27.5 Å². The average Bonchev–Trinajstić information content (AvgIpc) is 2.77. The fourth-order valence-corrected chi connectivity index (χ4v) is 4.91. The molecule has 0 spiro atoms. The summed E-state index contributed by atoms with van der Waals surface area (Å²) >= 11 is 12.2. The van der Waals surface area contributed by atoms with Crippen LogP contribution in [0.25, 0.3) is 0 Å². The molecule has 6 nitrogen and oxygen atoms in total. The number of nitrogens with one attached hydrogen (secondary N) is 2. The summed E-state index contributed by atoms with van der Waals surface area (Å²) in [5.41, 5.74) is 1.97. The number of hydrogen-bond donors (Lipinski definition) is 2. The first-order valence-electron chi connectivity index (χ1n) is 9.67. The van der Waals surface area contributed by atoms with Crippen molar-refractivity contribution in [1.82, 2.24) is 4.72 Å². The molecule has 0 aliphatic heterocycles. The molecule has 0 saturated heterocycles. The first-order valence-corrected chi connectivity index (χ1v) is 11.9. The molecule has 3 aromatic carbocycles. The minimum Gasteiger partial charge on any atom is -0.495 e. The lowest BCUT2D eigenvalue weighted by atomic mass is 10.1. The van der Waals surface area contributed by atoms with Crippen molar-refractivity contribution < 1.29 is 17.9 Å². The maximum atomic E-state index is 13.2. The molecule has 0 radical (unpaired) electrons. The van der Waals surface area contributed by atoms with Crippen LogP contribution in [0.1, 0.15) is 11.1 Å². The molecule has 32 heavy (non-hydrogen) atoms. The van der Waals surface area contributed by atoms with Crippen molar-refractivity contribution in [2.45, 2.75) is 24.3 Å². The Labute approximate surface area is 197 Å². The standard InChI is InChI=1S/C23H22Cl2N2O4S/c1-15-18(25)9-6-10-19(15)26-23(28)20(13-16-7-4-3-5-8-16)27-32(29,30)22-14-17(24)11-12-21(22)31-2/h3-12,14,20,27H,13H2,1-2H3,(H,26,28)/t20-/m0/s1. The highest BCUT2D eigenvalue weighted by atomic mass is 35.5. The molecule has 3 aromatic rings. The van der Waals surface area contributed by atoms with E-state index in [2.05, 4.69) is 10.0 Å². The fourth-order valence-electron chi connectivity index (χ4n) is 3.11. The molecular weight excluding hydrogens is 471 g/mol. The zero-order chi connectivity index (χ0) is 23.3. The van der Waals surface area contributed by atoms with Crippen molar-refractivity contribution in [3.05, 3.63) is 87.9 Å². The highest BCUT2D eigenvalue weighted by Crippen LogP contribution is 2.28. The van der Waals surface area contributed by atoms with Crippen molar-refractivity contribution in [1.29, 1.82) is 0 Å². The molecule has 168 valence electrons. The van der Waals surface area contributed by atoms with Gasteiger partial charge in [0.25, 0.3) is 0 Å². The Morgan fingerprint density at radius 3 is 2.44 bits per heavy atom. The summed E-state index contributed by atoms with van der Waals surface area (Å²) in [6.07, 6.45) is 0.133. The van der Waals surface area contributed by atoms with Crippen molar-refractivity contribution in [2.75, 3.05) is 12.4 Å². The second-order valence-electron chi connectivity index (χ2n) is 7.06. The van der Waals surface area contributed by atoms with E-state index in [4.69, 9.17) is 27.9 Å². The lowest BCUT2D eigenvalue weighted by Gasteiger charge is -2.20. The van der Waals surface area contributed by atoms with Crippen LogP contribution in [0.15, 0.2) is 71.6 Å². The van der Waals surface area contributed by atoms with Crippen molar-refractivity contribution in [3.8, 4) is 5.75 Å². The van der Waals surface area contributed by atoms with Gasteiger partial charge in [0.1, 0.15) is 16.7 Å². The third kappa shape index (κ3) is 5.81. The molecule has 0 aliphatic rings. The molecule has 3 rings (SSSR count). The Balaban J connectivity index is 1.95. The van der Waals surface area contributed by atoms with Gasteiger partial charge in [-0.3, -0.25) is 4.79 Å². The smallest absolute Gasteiger partial charge is 0.245 e. The van der Waals surface area contributed by atoms with Crippen LogP contribution >= 0.6 is 23.2 Å². The largest absolute Gasteiger partial charge is 0.495 e. The number of hydrogen-bond acceptors (Lipinski definition) is 4. The zero-order valence-corrected chi connectivity index (χ0v) is 19.8. The van der Waals surface area contributed by atoms with E-state index in [-0.39, 0.29) is 22.1 Å². The number of rotatable bonds is 8. The van der Waals surface area contributed by atoms with Crippen molar-refractivity contribution in [3.63, 3.8) is 0 Å². The van der Waals surface area contributed by atoms with Gasteiger partial charge in [-0.15, -0.1) is 0 Å². The number of amides is 1. The Hall–Kier alpha value is -2.58. The van der Waals surface area contributed by atoms with Crippen LogP contribution in [-0.2, 0) is 21.2 Å². The van der Waals surface area contributed by atoms with E-state index in [1.165, 1.54) is 25.3 Å². The van der Waals surface area contributed by atoms with Gasteiger partial charge in [-0.1, -0.05) is 59.6 Å². The van der Waals surface area contributed by atoms with E-state index in [0.717, 1.165) is 5.56 Å². The molecule has 2 N–H and O–H groups in total. The molecule has 0 unspecified atom stereocenters. The van der Waals surface area contributed by atoms with Crippen molar-refractivity contribution in [2.24, 2.45) is 0 Å². The van der Waals surface area contributed by atoms with E-state index < -0.39 is 22.0 Å². The maximum absolute atomic E-state index is 13.2. The third-order valence-electron chi connectivity index (χ3n) is 4.84. The minimum absolute atomic E-state index is 0.117. The van der Waals surface area contributed by atoms with Crippen molar-refractivity contribution >= 4 is 44.8 Å². The SMILES string of the molecule is COc1ccc(Cl)cc1S(=O)(=O)N[C@@H](Cc1ccccc1)C(=O)Nc1cccc(Cl)c1C. The number of benzene rings is 3. The summed E-state index contributed by atoms with van der Waals surface area (Å²) in [7, 11) is -2.79. The van der Waals surface area contributed by atoms with E-state index in [1.807, 2.05) is 30.3 Å². The highest BCUT2D eigenvalue weighted by Gasteiger charge is 2.29. The van der Waals surface area contributed by atoms with Gasteiger partial charge >= 0.3 is 0 Å². The van der Waals surface area contributed by atoms with Gasteiger partial charge in [-0.05, 0) is 54.8 Å². The predicted molar refractivity (Wildman–Crippen MR) is 127 cm³/mol. The Morgan fingerprint density at radius 2 is 1.75 bits per heavy atom. The number of sulfonamides is 1. The summed E-state index contributed by atoms with van der Waals surface area (Å²) in [6, 6.07) is 17.4. The van der Waals surface area contributed by atoms with Crippen LogP contribution in [0.4, 0.5) is 5.69 Å². The quantitative estimate of drug-likeness (QED) is 0.471. The summed E-state index contributed by atoms with van der Waals surface area (Å²) in [6.45, 7) is 1.77. The van der Waals surface area contributed by atoms with Gasteiger partial charge in [-0.2, -0.15) is 4.72 Å². The predicted octanol–water partition coefficient (Wildman–Crippen LogP) is 4.84. The van der Waals surface area contributed by atoms with Gasteiger partial charge in [-0.25, -0.2) is 8.42 Å². The number of methoxy groups -OCH3 is 1. The first-order chi connectivity index (χ1) is 15.2. The lowest BCUT2D eigenvalue weighted by Crippen LogP contribution is -2.45. The summed E-state index contributed by atoms with van der Waals surface area (Å²) in [5.74, 6) is -0.407. The van der Waals surface area contributed by atoms with Crippen LogP contribution in [0, 0.1) is 6.92 Å². The first kappa shape index (κ1) is 24.1. The van der Waals surface area contributed by atoms with E-state index in [9.17, 15) is 13.2 Å². The molecular formula is C23H22Cl2N2O4S. The number of halogens is 2. The van der Waals surface area contributed by atoms with Crippen LogP contribution in [0.2, 0.25) is 10.0 Å². The third-order valence-corrected chi connectivity index (χ3v) is 6.97. The van der Waals surface area contributed by atoms with E-state index in [0.29, 0.717) is 16.3 Å². The Bertz CT molecular complexity index is 1220. The molecule has 1 amide bonds. The Kier molecular flexibility index (Phi) is 7.79. The highest BCUT2D eigenvalue weighted by molar-refractivity contribution is 7.89. The molecule has 0 heterocycles. The topological polar surface area (TPSA) is 84.5 Å². The lowest BCUT2D eigenvalue weighted by molar-refractivity contribution is -0.117. The van der Waals surface area contributed by atoms with Crippen LogP contribution in [0.5, 0.6) is 5.75 Å². The molecule has 1 atom stereocenters. The molecule has 0 aliphatic carbocycles. The normalized spacial score (nSPS) is 12.2. The van der Waals surface area contributed by atoms with Crippen LogP contribution < -0.4 is 14.8 Å². The van der Waals surface area contributed by atoms with Gasteiger partial charge in [0.15, 0.2) is 0 Å². The summed E-state index contributed by atoms with van der Waals surface area (Å²) in [4.78, 5) is 13.0. The van der Waals surface area contributed by atoms with Gasteiger partial charge < -0.3 is 10.1 Å². The number of carbonyl (C=O) groups excluding carboxylic acids is 1. The summed E-state index contributed by atoms with van der Waals surface area (Å²) in [5, 5.41) is 3.50. The molecule has 0 saturated carbocycles. The molecule has 0 bridgehead atoms. The second kappa shape index (κ2) is 10.4.